The van der Waals surface area contributed by atoms with E-state index in [9.17, 15) is 8.42 Å². The summed E-state index contributed by atoms with van der Waals surface area (Å²) in [5.74, 6) is 1.74. The smallest absolute Gasteiger partial charge is 0.231 e. The van der Waals surface area contributed by atoms with Gasteiger partial charge in [-0.2, -0.15) is 0 Å². The molecule has 110 valence electrons. The number of hydrogen-bond acceptors (Lipinski definition) is 5. The molecule has 20 heavy (non-hydrogen) atoms. The molecule has 7 heteroatoms. The van der Waals surface area contributed by atoms with E-state index in [1.54, 1.807) is 0 Å². The highest BCUT2D eigenvalue weighted by molar-refractivity contribution is 7.91. The van der Waals surface area contributed by atoms with Gasteiger partial charge in [0.15, 0.2) is 21.3 Å². The summed E-state index contributed by atoms with van der Waals surface area (Å²) in [6.45, 7) is 0.753. The SMILES string of the molecule is O=S1(=O)CCCC(NCc2cc(Cl)c3c(c2)OCO3)C1. The van der Waals surface area contributed by atoms with Gasteiger partial charge in [-0.15, -0.1) is 0 Å². The van der Waals surface area contributed by atoms with E-state index in [0.29, 0.717) is 28.8 Å². The quantitative estimate of drug-likeness (QED) is 0.920. The van der Waals surface area contributed by atoms with E-state index < -0.39 is 9.84 Å². The van der Waals surface area contributed by atoms with Crippen LogP contribution in [-0.4, -0.2) is 32.8 Å². The highest BCUT2D eigenvalue weighted by Gasteiger charge is 2.24. The van der Waals surface area contributed by atoms with Gasteiger partial charge in [-0.25, -0.2) is 8.42 Å². The highest BCUT2D eigenvalue weighted by atomic mass is 35.5. The third-order valence-corrected chi connectivity index (χ3v) is 5.65. The molecule has 0 aromatic heterocycles. The average Bonchev–Trinajstić information content (AvgIpc) is 2.84. The van der Waals surface area contributed by atoms with Gasteiger partial charge in [0.2, 0.25) is 6.79 Å². The fourth-order valence-electron chi connectivity index (χ4n) is 2.57. The molecule has 0 amide bonds. The first-order valence-electron chi connectivity index (χ1n) is 6.55. The Morgan fingerprint density at radius 1 is 1.35 bits per heavy atom. The lowest BCUT2D eigenvalue weighted by molar-refractivity contribution is 0.174. The lowest BCUT2D eigenvalue weighted by Crippen LogP contribution is -2.39. The van der Waals surface area contributed by atoms with Crippen LogP contribution in [0.15, 0.2) is 12.1 Å². The first-order valence-corrected chi connectivity index (χ1v) is 8.75. The summed E-state index contributed by atoms with van der Waals surface area (Å²) in [5, 5.41) is 3.80. The minimum Gasteiger partial charge on any atom is -0.454 e. The van der Waals surface area contributed by atoms with Crippen LogP contribution in [0.5, 0.6) is 11.5 Å². The molecule has 0 radical (unpaired) electrons. The Kier molecular flexibility index (Phi) is 3.79. The maximum Gasteiger partial charge on any atom is 0.231 e. The lowest BCUT2D eigenvalue weighted by Gasteiger charge is -2.23. The van der Waals surface area contributed by atoms with Crippen LogP contribution in [0.25, 0.3) is 0 Å². The Morgan fingerprint density at radius 3 is 3.00 bits per heavy atom. The van der Waals surface area contributed by atoms with Crippen LogP contribution in [0.3, 0.4) is 0 Å². The maximum atomic E-state index is 11.6. The summed E-state index contributed by atoms with van der Waals surface area (Å²) in [6, 6.07) is 3.70. The maximum absolute atomic E-state index is 11.6. The van der Waals surface area contributed by atoms with Crippen LogP contribution in [-0.2, 0) is 16.4 Å². The monoisotopic (exact) mass is 317 g/mol. The van der Waals surface area contributed by atoms with Crippen molar-refractivity contribution < 1.29 is 17.9 Å². The molecule has 1 atom stereocenters. The molecule has 0 aliphatic carbocycles. The summed E-state index contributed by atoms with van der Waals surface area (Å²) >= 11 is 6.11. The van der Waals surface area contributed by atoms with Crippen molar-refractivity contribution in [3.8, 4) is 11.5 Å². The van der Waals surface area contributed by atoms with E-state index >= 15 is 0 Å². The molecule has 2 aliphatic rings. The molecule has 2 aliphatic heterocycles. The van der Waals surface area contributed by atoms with Gasteiger partial charge < -0.3 is 14.8 Å². The Morgan fingerprint density at radius 2 is 2.20 bits per heavy atom. The van der Waals surface area contributed by atoms with Gasteiger partial charge in [0.05, 0.1) is 16.5 Å². The van der Waals surface area contributed by atoms with Crippen molar-refractivity contribution in [2.75, 3.05) is 18.3 Å². The third kappa shape index (κ3) is 3.02. The van der Waals surface area contributed by atoms with Gasteiger partial charge in [-0.1, -0.05) is 11.6 Å². The molecular formula is C13H16ClNO4S. The first-order chi connectivity index (χ1) is 9.53. The molecule has 3 rings (SSSR count). The minimum atomic E-state index is -2.89. The van der Waals surface area contributed by atoms with Crippen molar-refractivity contribution >= 4 is 21.4 Å². The fourth-order valence-corrected chi connectivity index (χ4v) is 4.53. The average molecular weight is 318 g/mol. The standard InChI is InChI=1S/C13H16ClNO4S/c14-11-4-9(5-12-13(11)19-8-18-12)6-15-10-2-1-3-20(16,17)7-10/h4-5,10,15H,1-3,6-8H2. The van der Waals surface area contributed by atoms with Crippen LogP contribution < -0.4 is 14.8 Å². The van der Waals surface area contributed by atoms with Crippen LogP contribution >= 0.6 is 11.6 Å². The molecule has 1 N–H and O–H groups in total. The van der Waals surface area contributed by atoms with Crippen LogP contribution in [0.4, 0.5) is 0 Å². The van der Waals surface area contributed by atoms with Crippen molar-refractivity contribution in [3.63, 3.8) is 0 Å². The summed E-state index contributed by atoms with van der Waals surface area (Å²) in [7, 11) is -2.89. The summed E-state index contributed by atoms with van der Waals surface area (Å²) in [6.07, 6.45) is 1.61. The summed E-state index contributed by atoms with van der Waals surface area (Å²) < 4.78 is 33.7. The molecule has 2 heterocycles. The van der Waals surface area contributed by atoms with E-state index in [4.69, 9.17) is 21.1 Å². The number of benzene rings is 1. The topological polar surface area (TPSA) is 64.6 Å². The summed E-state index contributed by atoms with van der Waals surface area (Å²) in [5.41, 5.74) is 0.960. The van der Waals surface area contributed by atoms with Gasteiger partial charge in [-0.3, -0.25) is 0 Å². The van der Waals surface area contributed by atoms with Crippen molar-refractivity contribution in [1.29, 1.82) is 0 Å². The molecule has 1 aromatic rings. The predicted molar refractivity (Wildman–Crippen MR) is 76.1 cm³/mol. The number of ether oxygens (including phenoxy) is 2. The molecule has 0 bridgehead atoms. The molecule has 0 spiro atoms. The summed E-state index contributed by atoms with van der Waals surface area (Å²) in [4.78, 5) is 0. The molecule has 5 nitrogen and oxygen atoms in total. The third-order valence-electron chi connectivity index (χ3n) is 3.54. The second-order valence-electron chi connectivity index (χ2n) is 5.15. The van der Waals surface area contributed by atoms with Gasteiger partial charge in [0.1, 0.15) is 0 Å². The molecule has 1 fully saturated rings. The van der Waals surface area contributed by atoms with Gasteiger partial charge in [0, 0.05) is 12.6 Å². The number of rotatable bonds is 3. The van der Waals surface area contributed by atoms with E-state index in [2.05, 4.69) is 5.32 Å². The predicted octanol–water partition coefficient (Wildman–Crippen LogP) is 1.74. The van der Waals surface area contributed by atoms with Crippen molar-refractivity contribution in [1.82, 2.24) is 5.32 Å². The second-order valence-corrected chi connectivity index (χ2v) is 7.78. The molecule has 1 unspecified atom stereocenters. The zero-order chi connectivity index (χ0) is 14.2. The van der Waals surface area contributed by atoms with Gasteiger partial charge in [-0.05, 0) is 30.5 Å². The molecule has 1 aromatic carbocycles. The second kappa shape index (κ2) is 5.42. The molecule has 0 saturated carbocycles. The first kappa shape index (κ1) is 14.0. The lowest BCUT2D eigenvalue weighted by atomic mass is 10.1. The number of sulfone groups is 1. The minimum absolute atomic E-state index is 0.0120. The Labute approximate surface area is 123 Å². The number of hydrogen-bond donors (Lipinski definition) is 1. The van der Waals surface area contributed by atoms with E-state index in [-0.39, 0.29) is 18.6 Å². The van der Waals surface area contributed by atoms with E-state index in [1.807, 2.05) is 12.1 Å². The highest BCUT2D eigenvalue weighted by Crippen LogP contribution is 2.39. The van der Waals surface area contributed by atoms with Gasteiger partial charge >= 0.3 is 0 Å². The number of fused-ring (bicyclic) bond motifs is 1. The largest absolute Gasteiger partial charge is 0.454 e. The normalized spacial score (nSPS) is 23.8. The van der Waals surface area contributed by atoms with E-state index in [1.165, 1.54) is 0 Å². The zero-order valence-corrected chi connectivity index (χ0v) is 12.5. The number of halogens is 1. The Bertz CT molecular complexity index is 617. The molecular weight excluding hydrogens is 302 g/mol. The number of nitrogens with one attached hydrogen (secondary N) is 1. The van der Waals surface area contributed by atoms with Crippen LogP contribution in [0, 0.1) is 0 Å². The van der Waals surface area contributed by atoms with Crippen LogP contribution in [0.1, 0.15) is 18.4 Å². The molecule has 1 saturated heterocycles. The van der Waals surface area contributed by atoms with Crippen molar-refractivity contribution in [2.24, 2.45) is 0 Å². The van der Waals surface area contributed by atoms with Crippen molar-refractivity contribution in [2.45, 2.75) is 25.4 Å². The van der Waals surface area contributed by atoms with Gasteiger partial charge in [0.25, 0.3) is 0 Å². The Balaban J connectivity index is 1.65. The zero-order valence-electron chi connectivity index (χ0n) is 10.9. The van der Waals surface area contributed by atoms with Crippen LogP contribution in [0.2, 0.25) is 5.02 Å². The van der Waals surface area contributed by atoms with E-state index in [0.717, 1.165) is 18.4 Å². The Hall–Kier alpha value is -0.980. The van der Waals surface area contributed by atoms with Crippen molar-refractivity contribution in [3.05, 3.63) is 22.7 Å². The fraction of sp³-hybridized carbons (Fsp3) is 0.538.